The van der Waals surface area contributed by atoms with E-state index in [4.69, 9.17) is 16.3 Å². The number of rotatable bonds is 2. The average molecular weight is 378 g/mol. The van der Waals surface area contributed by atoms with Crippen molar-refractivity contribution in [1.82, 2.24) is 14.9 Å². The zero-order valence-corrected chi connectivity index (χ0v) is 15.4. The van der Waals surface area contributed by atoms with Gasteiger partial charge in [-0.25, -0.2) is 14.8 Å². The number of amides is 1. The molecule has 1 amide bonds. The predicted molar refractivity (Wildman–Crippen MR) is 94.7 cm³/mol. The van der Waals surface area contributed by atoms with Crippen molar-refractivity contribution in [2.75, 3.05) is 13.1 Å². The lowest BCUT2D eigenvalue weighted by atomic mass is 9.53. The van der Waals surface area contributed by atoms with E-state index in [0.29, 0.717) is 35.9 Å². The summed E-state index contributed by atoms with van der Waals surface area (Å²) in [5.41, 5.74) is -0.496. The second-order valence-corrected chi connectivity index (χ2v) is 9.17. The standard InChI is InChI=1S/C19H24ClN3O3/c20-15-8-21-17(22-9-15)12-1-2-23(10-12)18(24)26-16-13-3-11-4-14(16)7-19(25,5-11)6-13/h8-9,11-14,16,25H,1-7,10H2/t11?,12?,13-,14-,16?,19?/m1/s1. The van der Waals surface area contributed by atoms with Crippen LogP contribution >= 0.6 is 11.6 Å². The fraction of sp³-hybridized carbons (Fsp3) is 0.737. The fourth-order valence-corrected chi connectivity index (χ4v) is 6.09. The Labute approximate surface area is 157 Å². The van der Waals surface area contributed by atoms with Crippen molar-refractivity contribution in [3.63, 3.8) is 0 Å². The van der Waals surface area contributed by atoms with Gasteiger partial charge in [-0.3, -0.25) is 0 Å². The predicted octanol–water partition coefficient (Wildman–Crippen LogP) is 3.00. The number of aromatic nitrogens is 2. The molecule has 5 aliphatic rings. The van der Waals surface area contributed by atoms with Crippen LogP contribution in [-0.4, -0.2) is 50.9 Å². The smallest absolute Gasteiger partial charge is 0.410 e. The summed E-state index contributed by atoms with van der Waals surface area (Å²) in [7, 11) is 0. The third-order valence-electron chi connectivity index (χ3n) is 6.84. The summed E-state index contributed by atoms with van der Waals surface area (Å²) < 4.78 is 5.97. The van der Waals surface area contributed by atoms with Gasteiger partial charge in [0.2, 0.25) is 0 Å². The van der Waals surface area contributed by atoms with Crippen LogP contribution in [0.3, 0.4) is 0 Å². The van der Waals surface area contributed by atoms with Crippen LogP contribution < -0.4 is 0 Å². The minimum Gasteiger partial charge on any atom is -0.446 e. The molecule has 6 rings (SSSR count). The number of carbonyl (C=O) groups is 1. The summed E-state index contributed by atoms with van der Waals surface area (Å²) in [5, 5.41) is 11.2. The first-order valence-electron chi connectivity index (χ1n) is 9.64. The fourth-order valence-electron chi connectivity index (χ4n) is 5.99. The molecule has 0 radical (unpaired) electrons. The number of aliphatic hydroxyl groups is 1. The van der Waals surface area contributed by atoms with Crippen molar-refractivity contribution in [1.29, 1.82) is 0 Å². The Balaban J connectivity index is 1.22. The van der Waals surface area contributed by atoms with Gasteiger partial charge in [0, 0.05) is 31.4 Å². The maximum absolute atomic E-state index is 12.7. The molecule has 4 bridgehead atoms. The molecule has 1 saturated heterocycles. The Morgan fingerprint density at radius 3 is 2.58 bits per heavy atom. The lowest BCUT2D eigenvalue weighted by molar-refractivity contribution is -0.177. The maximum atomic E-state index is 12.7. The molecule has 4 aliphatic carbocycles. The van der Waals surface area contributed by atoms with E-state index in [1.54, 1.807) is 17.3 Å². The molecule has 1 aliphatic heterocycles. The first kappa shape index (κ1) is 16.8. The highest BCUT2D eigenvalue weighted by molar-refractivity contribution is 6.30. The molecule has 4 saturated carbocycles. The van der Waals surface area contributed by atoms with Crippen LogP contribution in [0.5, 0.6) is 0 Å². The van der Waals surface area contributed by atoms with Gasteiger partial charge < -0.3 is 14.7 Å². The van der Waals surface area contributed by atoms with Crippen molar-refractivity contribution in [3.8, 4) is 0 Å². The molecule has 7 heteroatoms. The van der Waals surface area contributed by atoms with Crippen molar-refractivity contribution < 1.29 is 14.6 Å². The van der Waals surface area contributed by atoms with E-state index >= 15 is 0 Å². The highest BCUT2D eigenvalue weighted by atomic mass is 35.5. The first-order chi connectivity index (χ1) is 12.5. The van der Waals surface area contributed by atoms with E-state index in [1.165, 1.54) is 0 Å². The summed E-state index contributed by atoms with van der Waals surface area (Å²) in [6.45, 7) is 1.26. The Bertz CT molecular complexity index is 696. The summed E-state index contributed by atoms with van der Waals surface area (Å²) in [5.74, 6) is 2.15. The minimum atomic E-state index is -0.496. The van der Waals surface area contributed by atoms with Crippen LogP contribution in [0.2, 0.25) is 5.02 Å². The molecular formula is C19H24ClN3O3. The molecular weight excluding hydrogens is 354 g/mol. The van der Waals surface area contributed by atoms with Gasteiger partial charge in [0.05, 0.1) is 10.6 Å². The number of ether oxygens (including phenoxy) is 1. The average Bonchev–Trinajstić information content (AvgIpc) is 3.07. The number of likely N-dealkylation sites (tertiary alicyclic amines) is 1. The second-order valence-electron chi connectivity index (χ2n) is 8.73. The molecule has 5 fully saturated rings. The Kier molecular flexibility index (Phi) is 3.90. The van der Waals surface area contributed by atoms with Gasteiger partial charge in [-0.2, -0.15) is 0 Å². The van der Waals surface area contributed by atoms with E-state index < -0.39 is 5.60 Å². The quantitative estimate of drug-likeness (QED) is 0.857. The summed E-state index contributed by atoms with van der Waals surface area (Å²) in [6.07, 6.45) is 8.52. The molecule has 26 heavy (non-hydrogen) atoms. The van der Waals surface area contributed by atoms with Gasteiger partial charge in [0.1, 0.15) is 11.9 Å². The lowest BCUT2D eigenvalue weighted by Crippen LogP contribution is -2.58. The Morgan fingerprint density at radius 2 is 1.92 bits per heavy atom. The molecule has 0 spiro atoms. The molecule has 0 aromatic carbocycles. The van der Waals surface area contributed by atoms with Crippen molar-refractivity contribution in [2.24, 2.45) is 17.8 Å². The molecule has 3 atom stereocenters. The van der Waals surface area contributed by atoms with Crippen molar-refractivity contribution in [2.45, 2.75) is 56.1 Å². The van der Waals surface area contributed by atoms with Gasteiger partial charge in [0.15, 0.2) is 0 Å². The molecule has 6 nitrogen and oxygen atoms in total. The summed E-state index contributed by atoms with van der Waals surface area (Å²) >= 11 is 5.85. The molecule has 2 heterocycles. The van der Waals surface area contributed by atoms with Crippen molar-refractivity contribution >= 4 is 17.7 Å². The molecule has 1 aromatic heterocycles. The van der Waals surface area contributed by atoms with Gasteiger partial charge in [-0.05, 0) is 56.3 Å². The topological polar surface area (TPSA) is 75.6 Å². The third-order valence-corrected chi connectivity index (χ3v) is 7.04. The largest absolute Gasteiger partial charge is 0.446 e. The zero-order chi connectivity index (χ0) is 17.9. The SMILES string of the molecule is O=C(OC1[C@@H]2CC3C[C@@H]1CC(O)(C3)C2)N1CCC(c2ncc(Cl)cn2)C1. The van der Waals surface area contributed by atoms with Crippen LogP contribution in [-0.2, 0) is 4.74 Å². The highest BCUT2D eigenvalue weighted by Gasteiger charge is 2.56. The zero-order valence-electron chi connectivity index (χ0n) is 14.7. The second kappa shape index (κ2) is 6.06. The van der Waals surface area contributed by atoms with E-state index in [1.807, 2.05) is 0 Å². The highest BCUT2D eigenvalue weighted by Crippen LogP contribution is 2.56. The number of halogens is 1. The lowest BCUT2D eigenvalue weighted by Gasteiger charge is -2.57. The van der Waals surface area contributed by atoms with Crippen LogP contribution in [0, 0.1) is 17.8 Å². The van der Waals surface area contributed by atoms with E-state index in [2.05, 4.69) is 9.97 Å². The monoisotopic (exact) mass is 377 g/mol. The van der Waals surface area contributed by atoms with Gasteiger partial charge >= 0.3 is 6.09 Å². The van der Waals surface area contributed by atoms with E-state index in [9.17, 15) is 9.90 Å². The summed E-state index contributed by atoms with van der Waals surface area (Å²) in [4.78, 5) is 23.1. The van der Waals surface area contributed by atoms with Crippen LogP contribution in [0.25, 0.3) is 0 Å². The van der Waals surface area contributed by atoms with Crippen molar-refractivity contribution in [3.05, 3.63) is 23.2 Å². The van der Waals surface area contributed by atoms with E-state index in [-0.39, 0.29) is 18.1 Å². The Morgan fingerprint density at radius 1 is 1.23 bits per heavy atom. The summed E-state index contributed by atoms with van der Waals surface area (Å²) in [6, 6.07) is 0. The molecule has 1 unspecified atom stereocenters. The molecule has 1 N–H and O–H groups in total. The van der Waals surface area contributed by atoms with Crippen LogP contribution in [0.15, 0.2) is 12.4 Å². The molecule has 140 valence electrons. The normalized spacial score (nSPS) is 40.8. The third kappa shape index (κ3) is 2.87. The first-order valence-corrected chi connectivity index (χ1v) is 10.0. The van der Waals surface area contributed by atoms with Crippen LogP contribution in [0.4, 0.5) is 4.79 Å². The van der Waals surface area contributed by atoms with Gasteiger partial charge in [0.25, 0.3) is 0 Å². The number of nitrogens with zero attached hydrogens (tertiary/aromatic N) is 3. The van der Waals surface area contributed by atoms with Gasteiger partial charge in [-0.15, -0.1) is 0 Å². The maximum Gasteiger partial charge on any atom is 0.410 e. The minimum absolute atomic E-state index is 0.0230. The number of hydrogen-bond acceptors (Lipinski definition) is 5. The Hall–Kier alpha value is -1.40. The van der Waals surface area contributed by atoms with Crippen LogP contribution in [0.1, 0.15) is 50.3 Å². The van der Waals surface area contributed by atoms with Gasteiger partial charge in [-0.1, -0.05) is 11.6 Å². The molecule has 1 aromatic rings. The number of carbonyl (C=O) groups excluding carboxylic acids is 1. The van der Waals surface area contributed by atoms with E-state index in [0.717, 1.165) is 44.3 Å². The number of hydrogen-bond donors (Lipinski definition) is 1.